The lowest BCUT2D eigenvalue weighted by Crippen LogP contribution is -2.10. The van der Waals surface area contributed by atoms with Gasteiger partial charge in [-0.2, -0.15) is 0 Å². The van der Waals surface area contributed by atoms with Crippen LogP contribution in [0.3, 0.4) is 0 Å². The number of carbonyl (C=O) groups excluding carboxylic acids is 1. The molecule has 15 heavy (non-hydrogen) atoms. The van der Waals surface area contributed by atoms with Crippen LogP contribution in [0.25, 0.3) is 0 Å². The molecule has 4 nitrogen and oxygen atoms in total. The van der Waals surface area contributed by atoms with E-state index in [-0.39, 0.29) is 5.91 Å². The first-order valence-electron chi connectivity index (χ1n) is 5.06. The third-order valence-corrected chi connectivity index (χ3v) is 1.56. The Labute approximate surface area is 90.7 Å². The fraction of sp³-hybridized carbons (Fsp3) is 0.455. The number of hydrogen-bond donors (Lipinski definition) is 1. The number of methoxy groups -OCH3 is 1. The summed E-state index contributed by atoms with van der Waals surface area (Å²) in [6.07, 6.45) is 2.05. The summed E-state index contributed by atoms with van der Waals surface area (Å²) in [4.78, 5) is 15.0. The summed E-state index contributed by atoms with van der Waals surface area (Å²) in [5, 5.41) is 2.68. The number of ether oxygens (including phenoxy) is 1. The van der Waals surface area contributed by atoms with E-state index in [0.29, 0.717) is 18.0 Å². The van der Waals surface area contributed by atoms with Gasteiger partial charge in [0, 0.05) is 12.6 Å². The van der Waals surface area contributed by atoms with Crippen LogP contribution in [0.2, 0.25) is 0 Å². The van der Waals surface area contributed by atoms with Crippen molar-refractivity contribution < 1.29 is 9.53 Å². The van der Waals surface area contributed by atoms with Crippen LogP contribution < -0.4 is 10.1 Å². The summed E-state index contributed by atoms with van der Waals surface area (Å²) >= 11 is 0. The topological polar surface area (TPSA) is 51.2 Å². The molecule has 1 amide bonds. The van der Waals surface area contributed by atoms with Gasteiger partial charge in [-0.25, -0.2) is 4.98 Å². The Kier molecular flexibility index (Phi) is 6.97. The van der Waals surface area contributed by atoms with Crippen molar-refractivity contribution in [1.29, 1.82) is 0 Å². The van der Waals surface area contributed by atoms with Gasteiger partial charge in [0.15, 0.2) is 0 Å². The van der Waals surface area contributed by atoms with Crippen molar-refractivity contribution >= 4 is 11.6 Å². The van der Waals surface area contributed by atoms with Crippen LogP contribution in [0, 0.1) is 0 Å². The minimum atomic E-state index is -0.0497. The summed E-state index contributed by atoms with van der Waals surface area (Å²) in [6, 6.07) is 3.49. The summed E-state index contributed by atoms with van der Waals surface area (Å²) < 4.78 is 4.96. The molecule has 0 radical (unpaired) electrons. The number of amides is 1. The Hall–Kier alpha value is -1.58. The molecule has 1 rings (SSSR count). The molecule has 0 bridgehead atoms. The van der Waals surface area contributed by atoms with Gasteiger partial charge >= 0.3 is 0 Å². The predicted octanol–water partition coefficient (Wildman–Crippen LogP) is 2.46. The molecule has 0 aliphatic carbocycles. The lowest BCUT2D eigenvalue weighted by atomic mass is 10.3. The Morgan fingerprint density at radius 1 is 1.53 bits per heavy atom. The molecule has 0 aliphatic heterocycles. The number of aromatic nitrogens is 1. The van der Waals surface area contributed by atoms with Crippen molar-refractivity contribution in [2.75, 3.05) is 12.4 Å². The third kappa shape index (κ3) is 4.44. The number of nitrogens with zero attached hydrogens (tertiary/aromatic N) is 1. The maximum Gasteiger partial charge on any atom is 0.237 e. The molecule has 1 aromatic heterocycles. The first kappa shape index (κ1) is 13.4. The highest BCUT2D eigenvalue weighted by Crippen LogP contribution is 2.19. The van der Waals surface area contributed by atoms with Crippen molar-refractivity contribution in [2.24, 2.45) is 0 Å². The van der Waals surface area contributed by atoms with E-state index < -0.39 is 0 Å². The number of carbonyl (C=O) groups is 1. The molecule has 0 saturated heterocycles. The molecule has 0 saturated carbocycles. The van der Waals surface area contributed by atoms with E-state index >= 15 is 0 Å². The zero-order chi connectivity index (χ0) is 11.7. The second kappa shape index (κ2) is 7.79. The first-order chi connectivity index (χ1) is 7.27. The molecular formula is C11H18N2O2. The van der Waals surface area contributed by atoms with Gasteiger partial charge in [0.05, 0.1) is 7.11 Å². The fourth-order valence-corrected chi connectivity index (χ4v) is 0.887. The quantitative estimate of drug-likeness (QED) is 0.833. The monoisotopic (exact) mass is 210 g/mol. The lowest BCUT2D eigenvalue weighted by molar-refractivity contribution is -0.115. The van der Waals surface area contributed by atoms with Crippen molar-refractivity contribution in [2.45, 2.75) is 27.2 Å². The van der Waals surface area contributed by atoms with Gasteiger partial charge in [-0.1, -0.05) is 20.8 Å². The highest BCUT2D eigenvalue weighted by molar-refractivity contribution is 5.91. The smallest absolute Gasteiger partial charge is 0.237 e. The van der Waals surface area contributed by atoms with Crippen molar-refractivity contribution in [3.05, 3.63) is 18.3 Å². The normalized spacial score (nSPS) is 8.53. The van der Waals surface area contributed by atoms with Gasteiger partial charge in [0.2, 0.25) is 11.8 Å². The van der Waals surface area contributed by atoms with Crippen molar-refractivity contribution in [3.63, 3.8) is 0 Å². The molecule has 1 N–H and O–H groups in total. The molecule has 0 unspecified atom stereocenters. The lowest BCUT2D eigenvalue weighted by Gasteiger charge is -2.06. The van der Waals surface area contributed by atoms with E-state index in [1.54, 1.807) is 25.3 Å². The van der Waals surface area contributed by atoms with E-state index in [1.165, 1.54) is 7.11 Å². The number of pyridine rings is 1. The maximum atomic E-state index is 11.1. The summed E-state index contributed by atoms with van der Waals surface area (Å²) in [5.74, 6) is 0.385. The minimum absolute atomic E-state index is 0.0497. The second-order valence-corrected chi connectivity index (χ2v) is 2.46. The predicted molar refractivity (Wildman–Crippen MR) is 61.1 cm³/mol. The second-order valence-electron chi connectivity index (χ2n) is 2.46. The van der Waals surface area contributed by atoms with Gasteiger partial charge in [-0.3, -0.25) is 4.79 Å². The van der Waals surface area contributed by atoms with Gasteiger partial charge in [0.25, 0.3) is 0 Å². The maximum absolute atomic E-state index is 11.1. The zero-order valence-corrected chi connectivity index (χ0v) is 9.70. The summed E-state index contributed by atoms with van der Waals surface area (Å²) in [7, 11) is 1.52. The number of hydrogen-bond acceptors (Lipinski definition) is 3. The molecule has 0 spiro atoms. The van der Waals surface area contributed by atoms with E-state index in [2.05, 4.69) is 10.3 Å². The van der Waals surface area contributed by atoms with Gasteiger partial charge in [0.1, 0.15) is 5.69 Å². The largest absolute Gasteiger partial charge is 0.480 e. The number of rotatable bonds is 3. The van der Waals surface area contributed by atoms with Crippen molar-refractivity contribution in [3.8, 4) is 5.88 Å². The summed E-state index contributed by atoms with van der Waals surface area (Å²) in [5.41, 5.74) is 0.608. The highest BCUT2D eigenvalue weighted by atomic mass is 16.5. The number of nitrogens with one attached hydrogen (secondary N) is 1. The fourth-order valence-electron chi connectivity index (χ4n) is 0.887. The summed E-state index contributed by atoms with van der Waals surface area (Å²) in [6.45, 7) is 5.79. The molecule has 84 valence electrons. The molecule has 0 aromatic carbocycles. The van der Waals surface area contributed by atoms with E-state index in [9.17, 15) is 4.79 Å². The highest BCUT2D eigenvalue weighted by Gasteiger charge is 2.04. The van der Waals surface area contributed by atoms with E-state index in [0.717, 1.165) is 0 Å². The molecule has 0 atom stereocenters. The minimum Gasteiger partial charge on any atom is -0.480 e. The first-order valence-corrected chi connectivity index (χ1v) is 5.06. The molecule has 4 heteroatoms. The third-order valence-electron chi connectivity index (χ3n) is 1.56. The van der Waals surface area contributed by atoms with Crippen LogP contribution >= 0.6 is 0 Å². The van der Waals surface area contributed by atoms with Crippen LogP contribution in [0.5, 0.6) is 5.88 Å². The standard InChI is InChI=1S/C9H12N2O2.C2H6/c1-3-8(12)11-7-5-4-6-10-9(7)13-2;1-2/h4-6H,3H2,1-2H3,(H,11,12);1-2H3. The van der Waals surface area contributed by atoms with Crippen LogP contribution in [0.4, 0.5) is 5.69 Å². The Balaban J connectivity index is 0.000000921. The number of anilines is 1. The van der Waals surface area contributed by atoms with E-state index in [1.807, 2.05) is 13.8 Å². The molecular weight excluding hydrogens is 192 g/mol. The molecule has 1 aromatic rings. The van der Waals surface area contributed by atoms with Crippen LogP contribution in [0.15, 0.2) is 18.3 Å². The van der Waals surface area contributed by atoms with Gasteiger partial charge < -0.3 is 10.1 Å². The molecule has 0 aliphatic rings. The van der Waals surface area contributed by atoms with E-state index in [4.69, 9.17) is 4.74 Å². The Morgan fingerprint density at radius 2 is 2.20 bits per heavy atom. The average molecular weight is 210 g/mol. The zero-order valence-electron chi connectivity index (χ0n) is 9.70. The van der Waals surface area contributed by atoms with Crippen LogP contribution in [-0.2, 0) is 4.79 Å². The Bertz CT molecular complexity index is 300. The molecule has 0 fully saturated rings. The Morgan fingerprint density at radius 3 is 2.73 bits per heavy atom. The molecule has 1 heterocycles. The van der Waals surface area contributed by atoms with Crippen LogP contribution in [-0.4, -0.2) is 18.0 Å². The van der Waals surface area contributed by atoms with Gasteiger partial charge in [-0.15, -0.1) is 0 Å². The van der Waals surface area contributed by atoms with Crippen molar-refractivity contribution in [1.82, 2.24) is 4.98 Å². The average Bonchev–Trinajstić information content (AvgIpc) is 2.32. The van der Waals surface area contributed by atoms with Gasteiger partial charge in [-0.05, 0) is 12.1 Å². The SMILES string of the molecule is CC.CCC(=O)Nc1cccnc1OC. The van der Waals surface area contributed by atoms with Crippen LogP contribution in [0.1, 0.15) is 27.2 Å².